The van der Waals surface area contributed by atoms with E-state index in [-0.39, 0.29) is 18.4 Å². The van der Waals surface area contributed by atoms with Crippen molar-refractivity contribution < 1.29 is 14.7 Å². The Hall–Kier alpha value is -3.15. The third-order valence-electron chi connectivity index (χ3n) is 6.43. The number of aliphatic hydroxyl groups excluding tert-OH is 1. The molecule has 0 saturated carbocycles. The van der Waals surface area contributed by atoms with Gasteiger partial charge in [0, 0.05) is 17.1 Å². The first-order chi connectivity index (χ1) is 16.3. The molecule has 176 valence electrons. The number of fused-ring (bicyclic) bond motifs is 1. The van der Waals surface area contributed by atoms with E-state index in [2.05, 4.69) is 5.32 Å². The van der Waals surface area contributed by atoms with Gasteiger partial charge < -0.3 is 15.3 Å². The molecule has 34 heavy (non-hydrogen) atoms. The number of aliphatic hydroxyl groups is 1. The van der Waals surface area contributed by atoms with Crippen LogP contribution in [0.3, 0.4) is 0 Å². The summed E-state index contributed by atoms with van der Waals surface area (Å²) in [5.74, 6) is -1.01. The standard InChI is InChI=1S/C28H29ClN2O3/c1-28(2,18-32)31-25(20-12-14-21(29)15-13-20)24(22-10-6-7-11-23(22)27(31)34)26(33)30-17-16-19-8-4-3-5-9-19/h3-15,24-25,32H,16-18H2,1-2H3,(H,30,33)/t24-,25+/m1/s1. The molecule has 0 aromatic heterocycles. The van der Waals surface area contributed by atoms with Crippen LogP contribution in [0.4, 0.5) is 0 Å². The van der Waals surface area contributed by atoms with Crippen LogP contribution in [-0.2, 0) is 11.2 Å². The fourth-order valence-electron chi connectivity index (χ4n) is 4.64. The summed E-state index contributed by atoms with van der Waals surface area (Å²) < 4.78 is 0. The van der Waals surface area contributed by atoms with Gasteiger partial charge in [-0.25, -0.2) is 0 Å². The third kappa shape index (κ3) is 4.72. The van der Waals surface area contributed by atoms with Gasteiger partial charge in [0.1, 0.15) is 0 Å². The van der Waals surface area contributed by atoms with Gasteiger partial charge in [-0.3, -0.25) is 9.59 Å². The number of hydrogen-bond donors (Lipinski definition) is 2. The number of nitrogens with one attached hydrogen (secondary N) is 1. The molecule has 0 radical (unpaired) electrons. The van der Waals surface area contributed by atoms with Gasteiger partial charge in [-0.1, -0.05) is 72.3 Å². The summed E-state index contributed by atoms with van der Waals surface area (Å²) in [4.78, 5) is 29.1. The van der Waals surface area contributed by atoms with Crippen LogP contribution in [0.15, 0.2) is 78.9 Å². The second-order valence-electron chi connectivity index (χ2n) is 9.23. The fourth-order valence-corrected chi connectivity index (χ4v) is 4.76. The number of halogens is 1. The average molecular weight is 477 g/mol. The van der Waals surface area contributed by atoms with Crippen molar-refractivity contribution >= 4 is 23.4 Å². The zero-order valence-electron chi connectivity index (χ0n) is 19.4. The van der Waals surface area contributed by atoms with Crippen molar-refractivity contribution in [2.75, 3.05) is 13.2 Å². The maximum atomic E-state index is 13.7. The maximum absolute atomic E-state index is 13.7. The molecule has 3 aromatic carbocycles. The van der Waals surface area contributed by atoms with Crippen molar-refractivity contribution in [2.45, 2.75) is 37.8 Å². The van der Waals surface area contributed by atoms with Crippen LogP contribution < -0.4 is 5.32 Å². The van der Waals surface area contributed by atoms with Crippen LogP contribution in [0.2, 0.25) is 5.02 Å². The number of nitrogens with zero attached hydrogens (tertiary/aromatic N) is 1. The predicted octanol–water partition coefficient (Wildman–Crippen LogP) is 4.75. The topological polar surface area (TPSA) is 69.6 Å². The normalized spacial score (nSPS) is 17.9. The minimum Gasteiger partial charge on any atom is -0.394 e. The molecule has 2 amide bonds. The highest BCUT2D eigenvalue weighted by atomic mass is 35.5. The zero-order valence-corrected chi connectivity index (χ0v) is 20.1. The van der Waals surface area contributed by atoms with Gasteiger partial charge >= 0.3 is 0 Å². The highest BCUT2D eigenvalue weighted by Crippen LogP contribution is 2.46. The summed E-state index contributed by atoms with van der Waals surface area (Å²) in [5, 5.41) is 13.9. The molecule has 0 fully saturated rings. The molecule has 0 spiro atoms. The van der Waals surface area contributed by atoms with Crippen LogP contribution in [0.5, 0.6) is 0 Å². The molecule has 2 atom stereocenters. The van der Waals surface area contributed by atoms with Crippen molar-refractivity contribution in [1.29, 1.82) is 0 Å². The van der Waals surface area contributed by atoms with E-state index in [1.54, 1.807) is 29.2 Å². The van der Waals surface area contributed by atoms with Crippen molar-refractivity contribution in [3.05, 3.63) is 106 Å². The fraction of sp³-hybridized carbons (Fsp3) is 0.286. The molecule has 0 bridgehead atoms. The Morgan fingerprint density at radius 3 is 2.32 bits per heavy atom. The van der Waals surface area contributed by atoms with E-state index in [1.165, 1.54) is 0 Å². The summed E-state index contributed by atoms with van der Waals surface area (Å²) in [6.07, 6.45) is 0.706. The SMILES string of the molecule is CC(C)(CO)N1C(=O)c2ccccc2[C@@H](C(=O)NCCc2ccccc2)[C@@H]1c1ccc(Cl)cc1. The largest absolute Gasteiger partial charge is 0.394 e. The second-order valence-corrected chi connectivity index (χ2v) is 9.67. The minimum atomic E-state index is -0.891. The van der Waals surface area contributed by atoms with Gasteiger partial charge in [-0.2, -0.15) is 0 Å². The highest BCUT2D eigenvalue weighted by molar-refractivity contribution is 6.30. The molecule has 1 heterocycles. The van der Waals surface area contributed by atoms with E-state index in [1.807, 2.05) is 68.4 Å². The number of benzene rings is 3. The Morgan fingerprint density at radius 2 is 1.65 bits per heavy atom. The number of carbonyl (C=O) groups excluding carboxylic acids is 2. The molecule has 0 unspecified atom stereocenters. The molecule has 6 heteroatoms. The molecule has 0 saturated heterocycles. The predicted molar refractivity (Wildman–Crippen MR) is 134 cm³/mol. The van der Waals surface area contributed by atoms with E-state index < -0.39 is 17.5 Å². The lowest BCUT2D eigenvalue weighted by molar-refractivity contribution is -0.125. The van der Waals surface area contributed by atoms with Gasteiger partial charge in [0.05, 0.1) is 24.1 Å². The molecule has 2 N–H and O–H groups in total. The molecular formula is C28H29ClN2O3. The zero-order chi connectivity index (χ0) is 24.3. The molecule has 3 aromatic rings. The quantitative estimate of drug-likeness (QED) is 0.517. The Kier molecular flexibility index (Phi) is 7.05. The van der Waals surface area contributed by atoms with E-state index in [0.29, 0.717) is 29.1 Å². The van der Waals surface area contributed by atoms with Crippen molar-refractivity contribution in [3.63, 3.8) is 0 Å². The van der Waals surface area contributed by atoms with Crippen LogP contribution >= 0.6 is 11.6 Å². The van der Waals surface area contributed by atoms with Crippen molar-refractivity contribution in [3.8, 4) is 0 Å². The molecule has 0 aliphatic carbocycles. The first-order valence-electron chi connectivity index (χ1n) is 11.4. The van der Waals surface area contributed by atoms with Crippen molar-refractivity contribution in [2.24, 2.45) is 0 Å². The monoisotopic (exact) mass is 476 g/mol. The smallest absolute Gasteiger partial charge is 0.255 e. The minimum absolute atomic E-state index is 0.158. The van der Waals surface area contributed by atoms with Gasteiger partial charge in [-0.15, -0.1) is 0 Å². The van der Waals surface area contributed by atoms with Crippen LogP contribution in [0, 0.1) is 0 Å². The summed E-state index contributed by atoms with van der Waals surface area (Å²) in [6, 6.07) is 23.8. The maximum Gasteiger partial charge on any atom is 0.255 e. The lowest BCUT2D eigenvalue weighted by Crippen LogP contribution is -2.57. The first-order valence-corrected chi connectivity index (χ1v) is 11.8. The molecule has 1 aliphatic rings. The lowest BCUT2D eigenvalue weighted by Gasteiger charge is -2.49. The van der Waals surface area contributed by atoms with Gasteiger partial charge in [0.25, 0.3) is 5.91 Å². The molecule has 4 rings (SSSR count). The number of rotatable bonds is 7. The van der Waals surface area contributed by atoms with E-state index in [9.17, 15) is 14.7 Å². The van der Waals surface area contributed by atoms with Crippen molar-refractivity contribution in [1.82, 2.24) is 10.2 Å². The van der Waals surface area contributed by atoms with E-state index in [4.69, 9.17) is 11.6 Å². The average Bonchev–Trinajstić information content (AvgIpc) is 2.85. The summed E-state index contributed by atoms with van der Waals surface area (Å²) >= 11 is 6.14. The Bertz CT molecular complexity index is 1160. The Labute approximate surface area is 205 Å². The van der Waals surface area contributed by atoms with Crippen LogP contribution in [-0.4, -0.2) is 40.5 Å². The third-order valence-corrected chi connectivity index (χ3v) is 6.68. The number of carbonyl (C=O) groups is 2. The second kappa shape index (κ2) is 10.00. The Morgan fingerprint density at radius 1 is 1.00 bits per heavy atom. The molecular weight excluding hydrogens is 448 g/mol. The lowest BCUT2D eigenvalue weighted by atomic mass is 9.77. The van der Waals surface area contributed by atoms with E-state index >= 15 is 0 Å². The number of amides is 2. The van der Waals surface area contributed by atoms with Crippen LogP contribution in [0.25, 0.3) is 0 Å². The van der Waals surface area contributed by atoms with Gasteiger partial charge in [-0.05, 0) is 55.2 Å². The Balaban J connectivity index is 1.76. The summed E-state index contributed by atoms with van der Waals surface area (Å²) in [7, 11) is 0. The summed E-state index contributed by atoms with van der Waals surface area (Å²) in [5.41, 5.74) is 2.21. The van der Waals surface area contributed by atoms with Gasteiger partial charge in [0.15, 0.2) is 0 Å². The molecule has 5 nitrogen and oxygen atoms in total. The first kappa shape index (κ1) is 24.0. The highest BCUT2D eigenvalue weighted by Gasteiger charge is 2.48. The number of hydrogen-bond acceptors (Lipinski definition) is 3. The van der Waals surface area contributed by atoms with Crippen LogP contribution in [0.1, 0.15) is 52.9 Å². The molecule has 1 aliphatic heterocycles. The van der Waals surface area contributed by atoms with E-state index in [0.717, 1.165) is 11.1 Å². The summed E-state index contributed by atoms with van der Waals surface area (Å²) in [6.45, 7) is 3.86. The van der Waals surface area contributed by atoms with Gasteiger partial charge in [0.2, 0.25) is 5.91 Å².